The first-order valence-corrected chi connectivity index (χ1v) is 6.99. The molecule has 0 aliphatic heterocycles. The lowest BCUT2D eigenvalue weighted by molar-refractivity contribution is -0.710. The first-order valence-electron chi connectivity index (χ1n) is 6.99. The summed E-state index contributed by atoms with van der Waals surface area (Å²) < 4.78 is 9.72. The number of hydrogen-bond donors (Lipinski definition) is 0. The summed E-state index contributed by atoms with van der Waals surface area (Å²) in [5.41, 5.74) is 0.0639. The zero-order chi connectivity index (χ0) is 17.2. The largest absolute Gasteiger partial charge is 0.569 e. The van der Waals surface area contributed by atoms with Crippen LogP contribution < -0.4 is 4.74 Å². The predicted molar refractivity (Wildman–Crippen MR) is 78.1 cm³/mol. The molecule has 0 bridgehead atoms. The highest BCUT2D eigenvalue weighted by atomic mass is 16.8. The Morgan fingerprint density at radius 3 is 2.52 bits per heavy atom. The number of carbonyl (C=O) groups is 2. The standard InChI is InChI=1S/C14H19N3O6/c1-4-16(5-2)17(20)15-22-10-21-14(19)12-8-6-7-9-13(12)23-11(3)18/h6-9H,4-5,10H2,1-3H3/b17-15-. The zero-order valence-corrected chi connectivity index (χ0v) is 13.2. The van der Waals surface area contributed by atoms with Gasteiger partial charge in [-0.05, 0) is 26.0 Å². The number of esters is 2. The number of para-hydroxylation sites is 1. The summed E-state index contributed by atoms with van der Waals surface area (Å²) in [5.74, 6) is -1.24. The highest BCUT2D eigenvalue weighted by Crippen LogP contribution is 2.19. The maximum absolute atomic E-state index is 11.9. The van der Waals surface area contributed by atoms with Crippen LogP contribution in [0.25, 0.3) is 0 Å². The van der Waals surface area contributed by atoms with Crippen LogP contribution in [0.4, 0.5) is 0 Å². The molecule has 0 amide bonds. The van der Waals surface area contributed by atoms with E-state index in [1.165, 1.54) is 24.1 Å². The number of carbonyl (C=O) groups excluding carboxylic acids is 2. The molecule has 0 radical (unpaired) electrons. The Morgan fingerprint density at radius 2 is 1.91 bits per heavy atom. The van der Waals surface area contributed by atoms with Crippen LogP contribution >= 0.6 is 0 Å². The van der Waals surface area contributed by atoms with E-state index >= 15 is 0 Å². The molecule has 0 aliphatic carbocycles. The van der Waals surface area contributed by atoms with Crippen LogP contribution in [0.2, 0.25) is 0 Å². The summed E-state index contributed by atoms with van der Waals surface area (Å²) in [4.78, 5) is 27.8. The first kappa shape index (κ1) is 18.2. The lowest BCUT2D eigenvalue weighted by Gasteiger charge is -2.13. The molecule has 0 atom stereocenters. The van der Waals surface area contributed by atoms with Gasteiger partial charge in [0.2, 0.25) is 5.28 Å². The van der Waals surface area contributed by atoms with Crippen LogP contribution in [0.1, 0.15) is 31.1 Å². The molecule has 9 nitrogen and oxygen atoms in total. The van der Waals surface area contributed by atoms with Crippen molar-refractivity contribution in [3.05, 3.63) is 35.0 Å². The number of rotatable bonds is 8. The molecule has 23 heavy (non-hydrogen) atoms. The first-order chi connectivity index (χ1) is 11.0. The minimum Gasteiger partial charge on any atom is -0.569 e. The van der Waals surface area contributed by atoms with E-state index in [4.69, 9.17) is 9.47 Å². The monoisotopic (exact) mass is 325 g/mol. The molecule has 0 spiro atoms. The van der Waals surface area contributed by atoms with Crippen molar-refractivity contribution >= 4 is 11.9 Å². The third-order valence-corrected chi connectivity index (χ3v) is 2.70. The lowest BCUT2D eigenvalue weighted by Crippen LogP contribution is -2.30. The minimum absolute atomic E-state index is 0.0639. The maximum atomic E-state index is 11.9. The van der Waals surface area contributed by atoms with Crippen LogP contribution in [-0.2, 0) is 14.4 Å². The molecule has 1 aromatic rings. The Bertz CT molecular complexity index is 571. The van der Waals surface area contributed by atoms with Gasteiger partial charge in [-0.15, -0.1) is 5.01 Å². The van der Waals surface area contributed by atoms with E-state index in [9.17, 15) is 14.8 Å². The number of nitrogens with zero attached hydrogens (tertiary/aromatic N) is 3. The fraction of sp³-hybridized carbons (Fsp3) is 0.429. The van der Waals surface area contributed by atoms with Crippen molar-refractivity contribution in [3.63, 3.8) is 0 Å². The summed E-state index contributed by atoms with van der Waals surface area (Å²) in [6.07, 6.45) is 0. The van der Waals surface area contributed by atoms with Crippen LogP contribution in [0.5, 0.6) is 5.75 Å². The van der Waals surface area contributed by atoms with Crippen molar-refractivity contribution in [2.45, 2.75) is 20.8 Å². The Kier molecular flexibility index (Phi) is 7.31. The van der Waals surface area contributed by atoms with E-state index in [0.717, 1.165) is 0 Å². The highest BCUT2D eigenvalue weighted by Gasteiger charge is 2.15. The van der Waals surface area contributed by atoms with E-state index in [-0.39, 0.29) is 16.3 Å². The summed E-state index contributed by atoms with van der Waals surface area (Å²) in [7, 11) is 0. The Morgan fingerprint density at radius 1 is 1.26 bits per heavy atom. The normalized spacial score (nSPS) is 10.8. The summed E-state index contributed by atoms with van der Waals surface area (Å²) >= 11 is 0. The molecule has 0 saturated heterocycles. The van der Waals surface area contributed by atoms with Crippen molar-refractivity contribution in [1.82, 2.24) is 5.01 Å². The van der Waals surface area contributed by atoms with Gasteiger partial charge in [-0.2, -0.15) is 0 Å². The smallest absolute Gasteiger partial charge is 0.344 e. The van der Waals surface area contributed by atoms with E-state index in [2.05, 4.69) is 10.1 Å². The molecule has 1 aromatic carbocycles. The van der Waals surface area contributed by atoms with Gasteiger partial charge in [0.1, 0.15) is 11.3 Å². The average Bonchev–Trinajstić information content (AvgIpc) is 2.52. The average molecular weight is 325 g/mol. The van der Waals surface area contributed by atoms with Gasteiger partial charge < -0.3 is 19.5 Å². The molecule has 9 heteroatoms. The van der Waals surface area contributed by atoms with Crippen LogP contribution in [-0.4, -0.2) is 41.8 Å². The topological polar surface area (TPSA) is 104 Å². The zero-order valence-electron chi connectivity index (χ0n) is 13.2. The van der Waals surface area contributed by atoms with Gasteiger partial charge >= 0.3 is 11.9 Å². The molecule has 0 N–H and O–H groups in total. The molecule has 0 aliphatic rings. The van der Waals surface area contributed by atoms with E-state index in [1.807, 2.05) is 0 Å². The molecular formula is C14H19N3O6. The number of benzene rings is 1. The van der Waals surface area contributed by atoms with Crippen molar-refractivity contribution in [1.29, 1.82) is 0 Å². The Labute approximate surface area is 133 Å². The van der Waals surface area contributed by atoms with Crippen molar-refractivity contribution in [2.24, 2.45) is 5.28 Å². The molecule has 0 saturated carbocycles. The second kappa shape index (κ2) is 9.23. The van der Waals surface area contributed by atoms with Crippen LogP contribution in [0.3, 0.4) is 0 Å². The Hall–Kier alpha value is -2.84. The van der Waals surface area contributed by atoms with Crippen LogP contribution in [0.15, 0.2) is 29.5 Å². The SMILES string of the molecule is CCN(CC)/[N+]([O-])=N/OCOC(=O)c1ccccc1OC(C)=O. The fourth-order valence-corrected chi connectivity index (χ4v) is 1.63. The molecule has 0 aromatic heterocycles. The molecule has 126 valence electrons. The van der Waals surface area contributed by atoms with E-state index in [0.29, 0.717) is 13.1 Å². The number of ether oxygens (including phenoxy) is 2. The number of hydrogen-bond acceptors (Lipinski definition) is 7. The molecule has 0 heterocycles. The third kappa shape index (κ3) is 5.81. The van der Waals surface area contributed by atoms with E-state index < -0.39 is 18.7 Å². The van der Waals surface area contributed by atoms with Crippen molar-refractivity contribution in [2.75, 3.05) is 19.9 Å². The molecule has 0 fully saturated rings. The minimum atomic E-state index is -0.766. The summed E-state index contributed by atoms with van der Waals surface area (Å²) in [6, 6.07) is 6.10. The van der Waals surface area contributed by atoms with Gasteiger partial charge in [-0.1, -0.05) is 12.1 Å². The highest BCUT2D eigenvalue weighted by molar-refractivity contribution is 5.93. The van der Waals surface area contributed by atoms with Gasteiger partial charge in [-0.3, -0.25) is 4.79 Å². The summed E-state index contributed by atoms with van der Waals surface area (Å²) in [5, 5.41) is 16.1. The third-order valence-electron chi connectivity index (χ3n) is 2.70. The van der Waals surface area contributed by atoms with Crippen LogP contribution in [0, 0.1) is 5.21 Å². The van der Waals surface area contributed by atoms with Gasteiger partial charge in [0, 0.05) is 6.92 Å². The summed E-state index contributed by atoms with van der Waals surface area (Å²) in [6.45, 7) is 5.17. The quantitative estimate of drug-likeness (QED) is 0.137. The van der Waals surface area contributed by atoms with Gasteiger partial charge in [0.05, 0.1) is 18.1 Å². The molecule has 0 unspecified atom stereocenters. The lowest BCUT2D eigenvalue weighted by atomic mass is 10.2. The molecular weight excluding hydrogens is 306 g/mol. The van der Waals surface area contributed by atoms with Crippen molar-refractivity contribution < 1.29 is 28.9 Å². The van der Waals surface area contributed by atoms with Gasteiger partial charge in [0.15, 0.2) is 0 Å². The van der Waals surface area contributed by atoms with Gasteiger partial charge in [-0.25, -0.2) is 4.79 Å². The number of hydrazine groups is 1. The fourth-order valence-electron chi connectivity index (χ4n) is 1.63. The van der Waals surface area contributed by atoms with E-state index in [1.54, 1.807) is 26.0 Å². The Balaban J connectivity index is 2.58. The van der Waals surface area contributed by atoms with Gasteiger partial charge in [0.25, 0.3) is 6.79 Å². The second-order valence-electron chi connectivity index (χ2n) is 4.24. The predicted octanol–water partition coefficient (Wildman–Crippen LogP) is 1.88. The molecule has 1 rings (SSSR count). The second-order valence-corrected chi connectivity index (χ2v) is 4.24. The van der Waals surface area contributed by atoms with Crippen molar-refractivity contribution in [3.8, 4) is 5.75 Å². The maximum Gasteiger partial charge on any atom is 0.344 e.